The highest BCUT2D eigenvalue weighted by atomic mass is 32.2. The molecule has 1 amide bonds. The number of anilines is 2. The summed E-state index contributed by atoms with van der Waals surface area (Å²) < 4.78 is 28.7. The van der Waals surface area contributed by atoms with Gasteiger partial charge in [-0.15, -0.1) is 0 Å². The van der Waals surface area contributed by atoms with Crippen LogP contribution in [0, 0.1) is 13.8 Å². The Balaban J connectivity index is 1.79. The molecule has 2 aromatic rings. The number of nitrogens with zero attached hydrogens (tertiary/aromatic N) is 2. The Kier molecular flexibility index (Phi) is 5.45. The van der Waals surface area contributed by atoms with Crippen LogP contribution in [0.15, 0.2) is 35.4 Å². The van der Waals surface area contributed by atoms with E-state index >= 15 is 0 Å². The molecule has 8 nitrogen and oxygen atoms in total. The molecule has 0 bridgehead atoms. The molecule has 1 aliphatic heterocycles. The number of nitrogens with one attached hydrogen (secondary N) is 1. The van der Waals surface area contributed by atoms with Crippen LogP contribution >= 0.6 is 0 Å². The van der Waals surface area contributed by atoms with Crippen LogP contribution in [0.1, 0.15) is 21.5 Å². The van der Waals surface area contributed by atoms with Crippen molar-refractivity contribution in [1.82, 2.24) is 4.98 Å². The normalized spacial score (nSPS) is 14.9. The number of hydrogen-bond acceptors (Lipinski definition) is 6. The summed E-state index contributed by atoms with van der Waals surface area (Å²) in [7, 11) is -3.91. The van der Waals surface area contributed by atoms with Gasteiger partial charge in [-0.25, -0.2) is 18.5 Å². The minimum atomic E-state index is -3.91. The summed E-state index contributed by atoms with van der Waals surface area (Å²) in [5.41, 5.74) is 1.94. The number of morpholine rings is 1. The highest BCUT2D eigenvalue weighted by Gasteiger charge is 2.18. The van der Waals surface area contributed by atoms with Crippen LogP contribution in [0.4, 0.5) is 11.5 Å². The van der Waals surface area contributed by atoms with E-state index in [-0.39, 0.29) is 10.5 Å². The topological polar surface area (TPSA) is 115 Å². The lowest BCUT2D eigenvalue weighted by Crippen LogP contribution is -2.36. The monoisotopic (exact) mass is 390 g/mol. The molecule has 0 aliphatic carbocycles. The molecule has 2 heterocycles. The van der Waals surface area contributed by atoms with Crippen molar-refractivity contribution in [3.8, 4) is 0 Å². The molecule has 27 heavy (non-hydrogen) atoms. The number of hydrogen-bond donors (Lipinski definition) is 2. The average Bonchev–Trinajstić information content (AvgIpc) is 2.62. The molecule has 0 saturated carbocycles. The summed E-state index contributed by atoms with van der Waals surface area (Å²) in [6.07, 6.45) is 1.58. The van der Waals surface area contributed by atoms with E-state index in [9.17, 15) is 13.2 Å². The molecule has 3 rings (SSSR count). The number of aryl methyl sites for hydroxylation is 2. The predicted octanol–water partition coefficient (Wildman–Crippen LogP) is 1.43. The van der Waals surface area contributed by atoms with Crippen molar-refractivity contribution in [2.24, 2.45) is 5.14 Å². The van der Waals surface area contributed by atoms with Gasteiger partial charge in [0.15, 0.2) is 0 Å². The number of amides is 1. The number of aromatic nitrogens is 1. The molecule has 1 aromatic heterocycles. The molecule has 1 saturated heterocycles. The third-order valence-corrected chi connectivity index (χ3v) is 5.47. The molecule has 3 N–H and O–H groups in total. The molecule has 0 unspecified atom stereocenters. The SMILES string of the molecule is Cc1cc(C)c(S(N)(=O)=O)cc1C(=O)Nc1ccc(N2CCOCC2)nc1. The minimum Gasteiger partial charge on any atom is -0.378 e. The Hall–Kier alpha value is -2.49. The summed E-state index contributed by atoms with van der Waals surface area (Å²) in [6.45, 7) is 6.27. The summed E-state index contributed by atoms with van der Waals surface area (Å²) in [5.74, 6) is 0.401. The molecular formula is C18H22N4O4S. The van der Waals surface area contributed by atoms with Gasteiger partial charge in [-0.2, -0.15) is 0 Å². The van der Waals surface area contributed by atoms with Crippen molar-refractivity contribution in [1.29, 1.82) is 0 Å². The maximum Gasteiger partial charge on any atom is 0.256 e. The van der Waals surface area contributed by atoms with E-state index in [1.165, 1.54) is 6.07 Å². The van der Waals surface area contributed by atoms with Gasteiger partial charge in [0.1, 0.15) is 5.82 Å². The van der Waals surface area contributed by atoms with E-state index in [0.717, 1.165) is 18.9 Å². The van der Waals surface area contributed by atoms with Gasteiger partial charge in [-0.1, -0.05) is 6.07 Å². The van der Waals surface area contributed by atoms with E-state index in [0.29, 0.717) is 30.0 Å². The highest BCUT2D eigenvalue weighted by molar-refractivity contribution is 7.89. The number of ether oxygens (including phenoxy) is 1. The number of carbonyl (C=O) groups is 1. The Morgan fingerprint density at radius 3 is 2.48 bits per heavy atom. The highest BCUT2D eigenvalue weighted by Crippen LogP contribution is 2.21. The Labute approximate surface area is 158 Å². The second-order valence-corrected chi connectivity index (χ2v) is 7.97. The fourth-order valence-electron chi connectivity index (χ4n) is 3.02. The smallest absolute Gasteiger partial charge is 0.256 e. The van der Waals surface area contributed by atoms with Gasteiger partial charge < -0.3 is 15.0 Å². The van der Waals surface area contributed by atoms with Gasteiger partial charge in [-0.3, -0.25) is 4.79 Å². The zero-order chi connectivity index (χ0) is 19.6. The van der Waals surface area contributed by atoms with Gasteiger partial charge in [0.05, 0.1) is 30.0 Å². The van der Waals surface area contributed by atoms with Crippen LogP contribution in [0.25, 0.3) is 0 Å². The first-order valence-corrected chi connectivity index (χ1v) is 10.0. The van der Waals surface area contributed by atoms with Crippen molar-refractivity contribution in [2.45, 2.75) is 18.7 Å². The van der Waals surface area contributed by atoms with Crippen LogP contribution in [0.3, 0.4) is 0 Å². The molecule has 1 fully saturated rings. The lowest BCUT2D eigenvalue weighted by atomic mass is 10.0. The first kappa shape index (κ1) is 19.3. The number of carbonyl (C=O) groups excluding carboxylic acids is 1. The third-order valence-electron chi connectivity index (χ3n) is 4.41. The predicted molar refractivity (Wildman–Crippen MR) is 103 cm³/mol. The van der Waals surface area contributed by atoms with E-state index in [2.05, 4.69) is 15.2 Å². The van der Waals surface area contributed by atoms with Gasteiger partial charge in [0.25, 0.3) is 5.91 Å². The molecule has 0 radical (unpaired) electrons. The van der Waals surface area contributed by atoms with E-state index in [1.807, 2.05) is 6.07 Å². The van der Waals surface area contributed by atoms with Gasteiger partial charge in [-0.05, 0) is 43.2 Å². The van der Waals surface area contributed by atoms with Crippen molar-refractivity contribution >= 4 is 27.4 Å². The number of nitrogens with two attached hydrogens (primary N) is 1. The van der Waals surface area contributed by atoms with Crippen LogP contribution in [0.5, 0.6) is 0 Å². The Bertz CT molecular complexity index is 952. The molecule has 1 aromatic carbocycles. The third kappa shape index (κ3) is 4.44. The fourth-order valence-corrected chi connectivity index (χ4v) is 3.81. The molecule has 9 heteroatoms. The summed E-state index contributed by atoms with van der Waals surface area (Å²) in [4.78, 5) is 19.0. The maximum absolute atomic E-state index is 12.6. The van der Waals surface area contributed by atoms with Crippen LogP contribution < -0.4 is 15.4 Å². The van der Waals surface area contributed by atoms with Gasteiger partial charge in [0, 0.05) is 18.7 Å². The minimum absolute atomic E-state index is 0.0564. The molecule has 0 atom stereocenters. The van der Waals surface area contributed by atoms with E-state index in [1.54, 1.807) is 32.2 Å². The number of benzene rings is 1. The van der Waals surface area contributed by atoms with Gasteiger partial charge >= 0.3 is 0 Å². The quantitative estimate of drug-likeness (QED) is 0.816. The zero-order valence-corrected chi connectivity index (χ0v) is 16.0. The Morgan fingerprint density at radius 1 is 1.19 bits per heavy atom. The van der Waals surface area contributed by atoms with E-state index in [4.69, 9.17) is 9.88 Å². The number of primary sulfonamides is 1. The van der Waals surface area contributed by atoms with Crippen molar-refractivity contribution in [3.63, 3.8) is 0 Å². The number of sulfonamides is 1. The van der Waals surface area contributed by atoms with Crippen LogP contribution in [0.2, 0.25) is 0 Å². The number of rotatable bonds is 4. The summed E-state index contributed by atoms with van der Waals surface area (Å²) in [6, 6.07) is 6.54. The molecule has 144 valence electrons. The molecule has 0 spiro atoms. The van der Waals surface area contributed by atoms with Gasteiger partial charge in [0.2, 0.25) is 10.0 Å². The van der Waals surface area contributed by atoms with Crippen molar-refractivity contribution < 1.29 is 17.9 Å². The lowest BCUT2D eigenvalue weighted by Gasteiger charge is -2.27. The molecular weight excluding hydrogens is 368 g/mol. The average molecular weight is 390 g/mol. The largest absolute Gasteiger partial charge is 0.378 e. The second-order valence-electron chi connectivity index (χ2n) is 6.44. The maximum atomic E-state index is 12.6. The lowest BCUT2D eigenvalue weighted by molar-refractivity contribution is 0.102. The first-order valence-electron chi connectivity index (χ1n) is 8.50. The number of pyridine rings is 1. The summed E-state index contributed by atoms with van der Waals surface area (Å²) >= 11 is 0. The Morgan fingerprint density at radius 2 is 1.89 bits per heavy atom. The van der Waals surface area contributed by atoms with Crippen LogP contribution in [-0.2, 0) is 14.8 Å². The fraction of sp³-hybridized carbons (Fsp3) is 0.333. The first-order chi connectivity index (χ1) is 12.8. The zero-order valence-electron chi connectivity index (χ0n) is 15.2. The van der Waals surface area contributed by atoms with Crippen molar-refractivity contribution in [2.75, 3.05) is 36.5 Å². The van der Waals surface area contributed by atoms with Crippen molar-refractivity contribution in [3.05, 3.63) is 47.2 Å². The van der Waals surface area contributed by atoms with Crippen LogP contribution in [-0.4, -0.2) is 45.6 Å². The second kappa shape index (κ2) is 7.63. The molecule has 1 aliphatic rings. The summed E-state index contributed by atoms with van der Waals surface area (Å²) in [5, 5.41) is 7.98. The standard InChI is InChI=1S/C18H22N4O4S/c1-12-9-13(2)16(27(19,24)25)10-15(12)18(23)21-14-3-4-17(20-11-14)22-5-7-26-8-6-22/h3-4,9-11H,5-8H2,1-2H3,(H,21,23)(H2,19,24,25). The van der Waals surface area contributed by atoms with E-state index < -0.39 is 15.9 Å².